The van der Waals surface area contributed by atoms with Crippen molar-refractivity contribution in [2.45, 2.75) is 26.2 Å². The van der Waals surface area contributed by atoms with Crippen LogP contribution in [0.1, 0.15) is 26.2 Å². The van der Waals surface area contributed by atoms with Gasteiger partial charge in [0, 0.05) is 12.8 Å². The lowest BCUT2D eigenvalue weighted by Crippen LogP contribution is -2.23. The smallest absolute Gasteiger partial charge is 0.309 e. The van der Waals surface area contributed by atoms with E-state index in [2.05, 4.69) is 0 Å². The topological polar surface area (TPSA) is 54.4 Å². The summed E-state index contributed by atoms with van der Waals surface area (Å²) in [6.07, 6.45) is 1.15. The Balaban J connectivity index is 2.72. The van der Waals surface area contributed by atoms with E-state index in [1.807, 2.05) is 0 Å². The Morgan fingerprint density at radius 3 is 2.50 bits per heavy atom. The summed E-state index contributed by atoms with van der Waals surface area (Å²) in [5.74, 6) is -0.775. The molecular formula is C7H10O3. The molecule has 3 nitrogen and oxygen atoms in total. The first-order chi connectivity index (χ1) is 4.54. The van der Waals surface area contributed by atoms with Gasteiger partial charge in [-0.1, -0.05) is 0 Å². The highest BCUT2D eigenvalue weighted by atomic mass is 16.4. The van der Waals surface area contributed by atoms with Crippen molar-refractivity contribution >= 4 is 11.8 Å². The maximum absolute atomic E-state index is 10.7. The number of hydrogen-bond acceptors (Lipinski definition) is 2. The van der Waals surface area contributed by atoms with Crippen LogP contribution in [-0.2, 0) is 9.59 Å². The number of carbonyl (C=O) groups excluding carboxylic acids is 1. The van der Waals surface area contributed by atoms with Gasteiger partial charge in [-0.15, -0.1) is 0 Å². The van der Waals surface area contributed by atoms with E-state index in [0.717, 1.165) is 0 Å². The van der Waals surface area contributed by atoms with Crippen LogP contribution in [-0.4, -0.2) is 16.9 Å². The van der Waals surface area contributed by atoms with E-state index < -0.39 is 11.4 Å². The minimum Gasteiger partial charge on any atom is -0.481 e. The Morgan fingerprint density at radius 1 is 1.70 bits per heavy atom. The molecule has 1 N–H and O–H groups in total. The zero-order chi connectivity index (χ0) is 7.78. The number of aliphatic carboxylic acids is 1. The number of Topliss-reactive ketones (excluding diaryl/α,β-unsaturated/α-hetero) is 1. The van der Waals surface area contributed by atoms with Crippen LogP contribution in [0.3, 0.4) is 0 Å². The summed E-state index contributed by atoms with van der Waals surface area (Å²) in [5, 5.41) is 8.64. The number of hydrogen-bond donors (Lipinski definition) is 1. The summed E-state index contributed by atoms with van der Waals surface area (Å²) >= 11 is 0. The molecule has 1 rings (SSSR count). The number of carboxylic acid groups (broad SMARTS) is 1. The monoisotopic (exact) mass is 142 g/mol. The zero-order valence-corrected chi connectivity index (χ0v) is 5.89. The number of rotatable bonds is 1. The van der Waals surface area contributed by atoms with Crippen molar-refractivity contribution in [3.63, 3.8) is 0 Å². The van der Waals surface area contributed by atoms with Gasteiger partial charge in [0.25, 0.3) is 0 Å². The maximum Gasteiger partial charge on any atom is 0.309 e. The van der Waals surface area contributed by atoms with Crippen molar-refractivity contribution in [2.75, 3.05) is 0 Å². The molecule has 56 valence electrons. The second-order valence-electron chi connectivity index (χ2n) is 3.08. The fraction of sp³-hybridized carbons (Fsp3) is 0.714. The standard InChI is InChI=1S/C7H10O3/c1-7(6(9)10)3-2-5(8)4-7/h2-4H2,1H3,(H,9,10)/t7-/m1/s1. The molecule has 0 radical (unpaired) electrons. The molecule has 0 heterocycles. The molecule has 1 fully saturated rings. The molecule has 0 amide bonds. The van der Waals surface area contributed by atoms with Crippen LogP contribution < -0.4 is 0 Å². The van der Waals surface area contributed by atoms with Gasteiger partial charge in [0.05, 0.1) is 5.41 Å². The van der Waals surface area contributed by atoms with Crippen LogP contribution in [0.15, 0.2) is 0 Å². The second kappa shape index (κ2) is 2.08. The fourth-order valence-corrected chi connectivity index (χ4v) is 1.21. The highest BCUT2D eigenvalue weighted by molar-refractivity contribution is 5.89. The SMILES string of the molecule is C[C@@]1(C(=O)O)CCC(=O)C1. The average Bonchev–Trinajstić information content (AvgIpc) is 2.13. The normalized spacial score (nSPS) is 32.7. The third-order valence-corrected chi connectivity index (χ3v) is 2.06. The van der Waals surface area contributed by atoms with E-state index >= 15 is 0 Å². The molecular weight excluding hydrogens is 132 g/mol. The lowest BCUT2D eigenvalue weighted by atomic mass is 9.89. The maximum atomic E-state index is 10.7. The summed E-state index contributed by atoms with van der Waals surface area (Å²) < 4.78 is 0. The van der Waals surface area contributed by atoms with Crippen LogP contribution in [0, 0.1) is 5.41 Å². The predicted molar refractivity (Wildman–Crippen MR) is 34.6 cm³/mol. The summed E-state index contributed by atoms with van der Waals surface area (Å²) in [6.45, 7) is 1.63. The Kier molecular flexibility index (Phi) is 1.50. The van der Waals surface area contributed by atoms with Crippen molar-refractivity contribution in [1.29, 1.82) is 0 Å². The van der Waals surface area contributed by atoms with E-state index in [4.69, 9.17) is 5.11 Å². The molecule has 0 unspecified atom stereocenters. The molecule has 3 heteroatoms. The van der Waals surface area contributed by atoms with Crippen molar-refractivity contribution in [3.8, 4) is 0 Å². The molecule has 10 heavy (non-hydrogen) atoms. The molecule has 0 aromatic carbocycles. The Labute approximate surface area is 59.0 Å². The fourth-order valence-electron chi connectivity index (χ4n) is 1.21. The Morgan fingerprint density at radius 2 is 2.30 bits per heavy atom. The van der Waals surface area contributed by atoms with Crippen molar-refractivity contribution in [3.05, 3.63) is 0 Å². The first-order valence-electron chi connectivity index (χ1n) is 3.30. The van der Waals surface area contributed by atoms with Gasteiger partial charge < -0.3 is 5.11 Å². The third kappa shape index (κ3) is 1.03. The lowest BCUT2D eigenvalue weighted by molar-refractivity contribution is -0.148. The molecule has 0 aromatic rings. The van der Waals surface area contributed by atoms with Gasteiger partial charge in [-0.05, 0) is 13.3 Å². The summed E-state index contributed by atoms with van der Waals surface area (Å²) in [6, 6.07) is 0. The average molecular weight is 142 g/mol. The first-order valence-corrected chi connectivity index (χ1v) is 3.30. The van der Waals surface area contributed by atoms with E-state index in [0.29, 0.717) is 12.8 Å². The van der Waals surface area contributed by atoms with E-state index in [1.165, 1.54) is 0 Å². The molecule has 0 saturated heterocycles. The van der Waals surface area contributed by atoms with Crippen LogP contribution >= 0.6 is 0 Å². The predicted octanol–water partition coefficient (Wildman–Crippen LogP) is 0.830. The highest BCUT2D eigenvalue weighted by Gasteiger charge is 2.40. The van der Waals surface area contributed by atoms with Gasteiger partial charge in [-0.3, -0.25) is 9.59 Å². The molecule has 1 saturated carbocycles. The second-order valence-corrected chi connectivity index (χ2v) is 3.08. The molecule has 0 aliphatic heterocycles. The van der Waals surface area contributed by atoms with E-state index in [9.17, 15) is 9.59 Å². The van der Waals surface area contributed by atoms with Gasteiger partial charge in [0.1, 0.15) is 5.78 Å². The molecule has 1 atom stereocenters. The molecule has 0 bridgehead atoms. The van der Waals surface area contributed by atoms with Crippen LogP contribution in [0.2, 0.25) is 0 Å². The first kappa shape index (κ1) is 7.25. The molecule has 1 aliphatic carbocycles. The largest absolute Gasteiger partial charge is 0.481 e. The molecule has 0 aromatic heterocycles. The highest BCUT2D eigenvalue weighted by Crippen LogP contribution is 2.35. The number of ketones is 1. The minimum atomic E-state index is -0.849. The summed E-state index contributed by atoms with van der Waals surface area (Å²) in [5.41, 5.74) is -0.767. The molecule has 1 aliphatic rings. The summed E-state index contributed by atoms with van der Waals surface area (Å²) in [4.78, 5) is 21.2. The Bertz CT molecular complexity index is 185. The van der Waals surface area contributed by atoms with Gasteiger partial charge >= 0.3 is 5.97 Å². The molecule has 0 spiro atoms. The van der Waals surface area contributed by atoms with E-state index in [1.54, 1.807) is 6.92 Å². The summed E-state index contributed by atoms with van der Waals surface area (Å²) in [7, 11) is 0. The van der Waals surface area contributed by atoms with Crippen LogP contribution in [0.5, 0.6) is 0 Å². The van der Waals surface area contributed by atoms with Crippen molar-refractivity contribution in [1.82, 2.24) is 0 Å². The zero-order valence-electron chi connectivity index (χ0n) is 5.89. The van der Waals surface area contributed by atoms with Crippen LogP contribution in [0.4, 0.5) is 0 Å². The quantitative estimate of drug-likeness (QED) is 0.590. The lowest BCUT2D eigenvalue weighted by Gasteiger charge is -2.14. The number of carbonyl (C=O) groups is 2. The minimum absolute atomic E-state index is 0.0740. The van der Waals surface area contributed by atoms with Gasteiger partial charge in [-0.25, -0.2) is 0 Å². The van der Waals surface area contributed by atoms with Gasteiger partial charge in [-0.2, -0.15) is 0 Å². The van der Waals surface area contributed by atoms with Crippen molar-refractivity contribution in [2.24, 2.45) is 5.41 Å². The van der Waals surface area contributed by atoms with Gasteiger partial charge in [0.2, 0.25) is 0 Å². The Hall–Kier alpha value is -0.860. The van der Waals surface area contributed by atoms with E-state index in [-0.39, 0.29) is 12.2 Å². The van der Waals surface area contributed by atoms with Crippen molar-refractivity contribution < 1.29 is 14.7 Å². The van der Waals surface area contributed by atoms with Crippen LogP contribution in [0.25, 0.3) is 0 Å². The number of carboxylic acids is 1. The van der Waals surface area contributed by atoms with Gasteiger partial charge in [0.15, 0.2) is 0 Å². The third-order valence-electron chi connectivity index (χ3n) is 2.06.